The van der Waals surface area contributed by atoms with Crippen LogP contribution in [0.2, 0.25) is 0 Å². The van der Waals surface area contributed by atoms with E-state index < -0.39 is 10.0 Å². The highest BCUT2D eigenvalue weighted by Crippen LogP contribution is 2.22. The number of carbonyl (C=O) groups excluding carboxylic acids is 1. The van der Waals surface area contributed by atoms with Gasteiger partial charge < -0.3 is 14.5 Å². The minimum Gasteiger partial charge on any atom is -0.484 e. The highest BCUT2D eigenvalue weighted by Gasteiger charge is 2.22. The number of sulfonamides is 1. The van der Waals surface area contributed by atoms with Crippen molar-refractivity contribution in [2.45, 2.75) is 18.7 Å². The Morgan fingerprint density at radius 3 is 2.20 bits per heavy atom. The summed E-state index contributed by atoms with van der Waals surface area (Å²) in [6.45, 7) is 6.14. The predicted octanol–water partition coefficient (Wildman–Crippen LogP) is 3.97. The number of nitrogens with one attached hydrogen (secondary N) is 1. The average molecular weight is 498 g/mol. The van der Waals surface area contributed by atoms with Crippen LogP contribution in [0, 0.1) is 19.7 Å². The lowest BCUT2D eigenvalue weighted by atomic mass is 10.1. The third-order valence-corrected chi connectivity index (χ3v) is 7.48. The van der Waals surface area contributed by atoms with Gasteiger partial charge in [-0.05, 0) is 85.6 Å². The smallest absolute Gasteiger partial charge is 0.261 e. The van der Waals surface area contributed by atoms with E-state index in [9.17, 15) is 17.6 Å². The Hall–Kier alpha value is -3.59. The molecular formula is C26H28FN3O4S. The van der Waals surface area contributed by atoms with Crippen molar-refractivity contribution in [1.82, 2.24) is 4.90 Å². The van der Waals surface area contributed by atoms with Gasteiger partial charge in [-0.25, -0.2) is 12.8 Å². The molecular weight excluding hydrogens is 469 g/mol. The van der Waals surface area contributed by atoms with Crippen LogP contribution in [0.25, 0.3) is 0 Å². The molecule has 7 nitrogen and oxygen atoms in total. The number of ether oxygens (including phenoxy) is 1. The van der Waals surface area contributed by atoms with Crippen molar-refractivity contribution in [3.05, 3.63) is 83.7 Å². The van der Waals surface area contributed by atoms with E-state index in [-0.39, 0.29) is 23.2 Å². The van der Waals surface area contributed by atoms with E-state index in [0.717, 1.165) is 16.8 Å². The van der Waals surface area contributed by atoms with Crippen LogP contribution in [0.4, 0.5) is 15.8 Å². The Labute approximate surface area is 205 Å². The number of carbonyl (C=O) groups is 1. The van der Waals surface area contributed by atoms with Crippen molar-refractivity contribution < 1.29 is 22.3 Å². The predicted molar refractivity (Wildman–Crippen MR) is 134 cm³/mol. The molecule has 1 heterocycles. The van der Waals surface area contributed by atoms with E-state index in [0.29, 0.717) is 37.6 Å². The molecule has 1 aliphatic rings. The highest BCUT2D eigenvalue weighted by molar-refractivity contribution is 7.92. The Bertz CT molecular complexity index is 1290. The Morgan fingerprint density at radius 2 is 1.57 bits per heavy atom. The molecule has 1 fully saturated rings. The monoisotopic (exact) mass is 497 g/mol. The Balaban J connectivity index is 1.28. The van der Waals surface area contributed by atoms with Crippen LogP contribution in [0.1, 0.15) is 11.1 Å². The van der Waals surface area contributed by atoms with Gasteiger partial charge in [0.1, 0.15) is 11.6 Å². The maximum Gasteiger partial charge on any atom is 0.261 e. The molecule has 0 radical (unpaired) electrons. The summed E-state index contributed by atoms with van der Waals surface area (Å²) < 4.78 is 46.7. The van der Waals surface area contributed by atoms with E-state index in [4.69, 9.17) is 4.74 Å². The summed E-state index contributed by atoms with van der Waals surface area (Å²) in [5.41, 5.74) is 3.50. The Morgan fingerprint density at radius 1 is 0.914 bits per heavy atom. The molecule has 0 aliphatic carbocycles. The average Bonchev–Trinajstić information content (AvgIpc) is 2.85. The summed E-state index contributed by atoms with van der Waals surface area (Å²) in [5.74, 6) is -0.00625. The zero-order chi connectivity index (χ0) is 25.0. The van der Waals surface area contributed by atoms with Gasteiger partial charge in [-0.2, -0.15) is 0 Å². The minimum atomic E-state index is -3.74. The SMILES string of the molecule is Cc1ccc(NS(=O)(=O)c2ccc(OCC(=O)N3CCN(c4ccc(F)cc4)CC3)cc2)cc1C. The van der Waals surface area contributed by atoms with E-state index in [2.05, 4.69) is 9.62 Å². The second kappa shape index (κ2) is 10.4. The second-order valence-corrected chi connectivity index (χ2v) is 10.2. The van der Waals surface area contributed by atoms with Crippen molar-refractivity contribution in [3.8, 4) is 5.75 Å². The number of aryl methyl sites for hydroxylation is 2. The molecule has 1 amide bonds. The van der Waals surface area contributed by atoms with Gasteiger partial charge in [0.15, 0.2) is 6.61 Å². The fourth-order valence-electron chi connectivity index (χ4n) is 3.84. The van der Waals surface area contributed by atoms with Gasteiger partial charge in [-0.3, -0.25) is 9.52 Å². The van der Waals surface area contributed by atoms with Gasteiger partial charge in [0, 0.05) is 37.6 Å². The second-order valence-electron chi connectivity index (χ2n) is 8.51. The molecule has 1 aliphatic heterocycles. The lowest BCUT2D eigenvalue weighted by Crippen LogP contribution is -2.50. The summed E-state index contributed by atoms with van der Waals surface area (Å²) in [6.07, 6.45) is 0. The van der Waals surface area contributed by atoms with Crippen LogP contribution < -0.4 is 14.4 Å². The fraction of sp³-hybridized carbons (Fsp3) is 0.269. The zero-order valence-electron chi connectivity index (χ0n) is 19.7. The molecule has 0 spiro atoms. The number of hydrogen-bond acceptors (Lipinski definition) is 5. The van der Waals surface area contributed by atoms with Gasteiger partial charge in [0.05, 0.1) is 4.90 Å². The number of benzene rings is 3. The first-order valence-electron chi connectivity index (χ1n) is 11.3. The molecule has 1 N–H and O–H groups in total. The van der Waals surface area contributed by atoms with Crippen LogP contribution in [0.3, 0.4) is 0 Å². The molecule has 9 heteroatoms. The number of rotatable bonds is 7. The van der Waals surface area contributed by atoms with Crippen molar-refractivity contribution in [2.24, 2.45) is 0 Å². The van der Waals surface area contributed by atoms with Gasteiger partial charge in [0.2, 0.25) is 0 Å². The van der Waals surface area contributed by atoms with Crippen LogP contribution in [-0.4, -0.2) is 52.0 Å². The van der Waals surface area contributed by atoms with E-state index in [1.54, 1.807) is 29.2 Å². The molecule has 184 valence electrons. The largest absolute Gasteiger partial charge is 0.484 e. The third-order valence-electron chi connectivity index (χ3n) is 6.08. The number of halogens is 1. The van der Waals surface area contributed by atoms with Gasteiger partial charge in [0.25, 0.3) is 15.9 Å². The highest BCUT2D eigenvalue weighted by atomic mass is 32.2. The lowest BCUT2D eigenvalue weighted by Gasteiger charge is -2.36. The standard InChI is InChI=1S/C26H28FN3O4S/c1-19-3-6-22(17-20(19)2)28-35(32,33)25-11-9-24(10-12-25)34-18-26(31)30-15-13-29(14-16-30)23-7-4-21(27)5-8-23/h3-12,17,28H,13-16,18H2,1-2H3. The summed E-state index contributed by atoms with van der Waals surface area (Å²) in [5, 5.41) is 0. The maximum atomic E-state index is 13.1. The normalized spacial score (nSPS) is 14.0. The quantitative estimate of drug-likeness (QED) is 0.535. The van der Waals surface area contributed by atoms with Crippen molar-refractivity contribution >= 4 is 27.3 Å². The maximum absolute atomic E-state index is 13.1. The number of nitrogens with zero attached hydrogens (tertiary/aromatic N) is 2. The first-order chi connectivity index (χ1) is 16.7. The van der Waals surface area contributed by atoms with Gasteiger partial charge >= 0.3 is 0 Å². The third kappa shape index (κ3) is 6.10. The molecule has 1 saturated heterocycles. The number of amides is 1. The summed E-state index contributed by atoms with van der Waals surface area (Å²) in [6, 6.07) is 17.7. The number of piperazine rings is 1. The van der Waals surface area contributed by atoms with Crippen LogP contribution in [-0.2, 0) is 14.8 Å². The molecule has 4 rings (SSSR count). The topological polar surface area (TPSA) is 78.9 Å². The van der Waals surface area contributed by atoms with Crippen LogP contribution >= 0.6 is 0 Å². The van der Waals surface area contributed by atoms with Gasteiger partial charge in [-0.15, -0.1) is 0 Å². The molecule has 3 aromatic rings. The van der Waals surface area contributed by atoms with E-state index in [1.165, 1.54) is 36.4 Å². The first kappa shape index (κ1) is 24.5. The molecule has 0 aromatic heterocycles. The molecule has 35 heavy (non-hydrogen) atoms. The molecule has 0 atom stereocenters. The minimum absolute atomic E-state index is 0.103. The summed E-state index contributed by atoms with van der Waals surface area (Å²) in [7, 11) is -3.74. The number of anilines is 2. The zero-order valence-corrected chi connectivity index (χ0v) is 20.5. The lowest BCUT2D eigenvalue weighted by molar-refractivity contribution is -0.133. The van der Waals surface area contributed by atoms with Crippen molar-refractivity contribution in [2.75, 3.05) is 42.4 Å². The van der Waals surface area contributed by atoms with E-state index in [1.807, 2.05) is 19.9 Å². The summed E-state index contributed by atoms with van der Waals surface area (Å²) >= 11 is 0. The van der Waals surface area contributed by atoms with Crippen LogP contribution in [0.15, 0.2) is 71.6 Å². The van der Waals surface area contributed by atoms with Crippen molar-refractivity contribution in [3.63, 3.8) is 0 Å². The Kier molecular flexibility index (Phi) is 7.25. The van der Waals surface area contributed by atoms with Crippen LogP contribution in [0.5, 0.6) is 5.75 Å². The molecule has 0 unspecified atom stereocenters. The van der Waals surface area contributed by atoms with Gasteiger partial charge in [-0.1, -0.05) is 6.07 Å². The fourth-order valence-corrected chi connectivity index (χ4v) is 4.89. The molecule has 3 aromatic carbocycles. The summed E-state index contributed by atoms with van der Waals surface area (Å²) in [4.78, 5) is 16.5. The molecule has 0 bridgehead atoms. The first-order valence-corrected chi connectivity index (χ1v) is 12.8. The molecule has 0 saturated carbocycles. The van der Waals surface area contributed by atoms with Crippen molar-refractivity contribution in [1.29, 1.82) is 0 Å². The number of hydrogen-bond donors (Lipinski definition) is 1. The van der Waals surface area contributed by atoms with E-state index >= 15 is 0 Å².